The number of rotatable bonds is 8. The standard InChI is InChI=1S/C27H33ClN2S/c1-27(2,3)21-12-15-23(16-13-21)30(4,5)19-9-18-29-25-20-22(28)14-17-26(25)31-24-10-7-6-8-11-24/h6-8,10-17,20H,9,18-19H2,1-5H3. The zero-order chi connectivity index (χ0) is 22.5. The fourth-order valence-electron chi connectivity index (χ4n) is 3.48. The maximum atomic E-state index is 6.26. The number of halogens is 1. The van der Waals surface area contributed by atoms with Gasteiger partial charge in [0, 0.05) is 9.92 Å². The van der Waals surface area contributed by atoms with Gasteiger partial charge in [0.05, 0.1) is 20.6 Å². The number of nitrogens with zero attached hydrogens (tertiary/aromatic N) is 2. The van der Waals surface area contributed by atoms with Crippen LogP contribution in [0, 0.1) is 0 Å². The summed E-state index contributed by atoms with van der Waals surface area (Å²) in [5.74, 6) is 0. The van der Waals surface area contributed by atoms with E-state index in [0.29, 0.717) is 0 Å². The lowest BCUT2D eigenvalue weighted by molar-refractivity contribution is 0.395. The normalized spacial score (nSPS) is 12.1. The van der Waals surface area contributed by atoms with Crippen molar-refractivity contribution in [2.45, 2.75) is 42.4 Å². The Bertz CT molecular complexity index is 976. The average molecular weight is 453 g/mol. The molecule has 164 valence electrons. The van der Waals surface area contributed by atoms with E-state index in [1.54, 1.807) is 11.8 Å². The van der Waals surface area contributed by atoms with Gasteiger partial charge in [-0.15, -0.1) is 12.2 Å². The van der Waals surface area contributed by atoms with Gasteiger partial charge < -0.3 is 5.32 Å². The van der Waals surface area contributed by atoms with E-state index in [9.17, 15) is 0 Å². The SMILES string of the molecule is CC(C)(C)c1ccc([N+](C)(C)CCC[N-]c2cc(Cl)ccc2Sc2ccccc2)cc1. The summed E-state index contributed by atoms with van der Waals surface area (Å²) in [6, 6.07) is 25.4. The first kappa shape index (κ1) is 23.7. The quantitative estimate of drug-likeness (QED) is 0.247. The van der Waals surface area contributed by atoms with Crippen LogP contribution in [0.15, 0.2) is 82.6 Å². The van der Waals surface area contributed by atoms with Gasteiger partial charge in [-0.25, -0.2) is 0 Å². The fourth-order valence-corrected chi connectivity index (χ4v) is 4.55. The van der Waals surface area contributed by atoms with Gasteiger partial charge in [0.1, 0.15) is 5.69 Å². The second kappa shape index (κ2) is 10.1. The van der Waals surface area contributed by atoms with Crippen molar-refractivity contribution in [1.29, 1.82) is 0 Å². The number of hydrogen-bond donors (Lipinski definition) is 0. The van der Waals surface area contributed by atoms with E-state index in [1.807, 2.05) is 18.2 Å². The first-order valence-corrected chi connectivity index (χ1v) is 12.0. The highest BCUT2D eigenvalue weighted by Gasteiger charge is 2.20. The lowest BCUT2D eigenvalue weighted by Crippen LogP contribution is -2.41. The van der Waals surface area contributed by atoms with Crippen molar-refractivity contribution < 1.29 is 0 Å². The second-order valence-corrected chi connectivity index (χ2v) is 11.0. The molecule has 2 nitrogen and oxygen atoms in total. The maximum absolute atomic E-state index is 6.26. The molecule has 0 atom stereocenters. The first-order valence-electron chi connectivity index (χ1n) is 10.8. The Morgan fingerprint density at radius 2 is 1.58 bits per heavy atom. The molecule has 0 saturated carbocycles. The molecule has 0 aliphatic heterocycles. The molecule has 0 heterocycles. The van der Waals surface area contributed by atoms with Crippen LogP contribution in [-0.4, -0.2) is 27.2 Å². The summed E-state index contributed by atoms with van der Waals surface area (Å²) in [5, 5.41) is 5.62. The van der Waals surface area contributed by atoms with E-state index in [-0.39, 0.29) is 5.41 Å². The third-order valence-corrected chi connectivity index (χ3v) is 6.79. The van der Waals surface area contributed by atoms with E-state index in [4.69, 9.17) is 16.9 Å². The largest absolute Gasteiger partial charge is 0.683 e. The second-order valence-electron chi connectivity index (χ2n) is 9.47. The van der Waals surface area contributed by atoms with Gasteiger partial charge in [-0.3, -0.25) is 4.48 Å². The molecule has 3 aromatic rings. The summed E-state index contributed by atoms with van der Waals surface area (Å²) in [6.07, 6.45) is 1.01. The van der Waals surface area contributed by atoms with Crippen molar-refractivity contribution in [3.63, 3.8) is 0 Å². The summed E-state index contributed by atoms with van der Waals surface area (Å²) < 4.78 is 0.848. The van der Waals surface area contributed by atoms with Crippen LogP contribution in [0.1, 0.15) is 32.8 Å². The summed E-state index contributed by atoms with van der Waals surface area (Å²) >= 11 is 7.99. The lowest BCUT2D eigenvalue weighted by atomic mass is 9.87. The summed E-state index contributed by atoms with van der Waals surface area (Å²) in [4.78, 5) is 2.35. The molecular weight excluding hydrogens is 420 g/mol. The maximum Gasteiger partial charge on any atom is 0.132 e. The van der Waals surface area contributed by atoms with Crippen LogP contribution >= 0.6 is 23.4 Å². The van der Waals surface area contributed by atoms with Crippen molar-refractivity contribution in [2.75, 3.05) is 27.2 Å². The summed E-state index contributed by atoms with van der Waals surface area (Å²) in [5.41, 5.74) is 3.86. The van der Waals surface area contributed by atoms with Gasteiger partial charge in [0.15, 0.2) is 0 Å². The topological polar surface area (TPSA) is 14.1 Å². The van der Waals surface area contributed by atoms with Gasteiger partial charge in [-0.2, -0.15) is 0 Å². The van der Waals surface area contributed by atoms with E-state index in [2.05, 4.69) is 89.5 Å². The first-order chi connectivity index (χ1) is 14.6. The fraction of sp³-hybridized carbons (Fsp3) is 0.333. The third kappa shape index (κ3) is 6.77. The minimum Gasteiger partial charge on any atom is -0.683 e. The van der Waals surface area contributed by atoms with Gasteiger partial charge in [-0.05, 0) is 58.7 Å². The van der Waals surface area contributed by atoms with Gasteiger partial charge in [0.25, 0.3) is 0 Å². The third-order valence-electron chi connectivity index (χ3n) is 5.48. The van der Waals surface area contributed by atoms with Crippen LogP contribution in [-0.2, 0) is 5.41 Å². The van der Waals surface area contributed by atoms with Crippen LogP contribution in [0.4, 0.5) is 11.4 Å². The van der Waals surface area contributed by atoms with Crippen LogP contribution in [0.5, 0.6) is 0 Å². The van der Waals surface area contributed by atoms with E-state index in [0.717, 1.165) is 39.6 Å². The Morgan fingerprint density at radius 1 is 0.903 bits per heavy atom. The molecule has 0 amide bonds. The molecule has 0 bridgehead atoms. The molecular formula is C27H33ClN2S. The molecule has 4 heteroatoms. The summed E-state index contributed by atoms with van der Waals surface area (Å²) in [7, 11) is 4.53. The van der Waals surface area contributed by atoms with Gasteiger partial charge in [0.2, 0.25) is 0 Å². The van der Waals surface area contributed by atoms with Crippen LogP contribution in [0.25, 0.3) is 5.32 Å². The zero-order valence-corrected chi connectivity index (χ0v) is 20.8. The van der Waals surface area contributed by atoms with E-state index < -0.39 is 0 Å². The van der Waals surface area contributed by atoms with E-state index >= 15 is 0 Å². The minimum absolute atomic E-state index is 0.182. The number of benzene rings is 3. The van der Waals surface area contributed by atoms with Gasteiger partial charge >= 0.3 is 0 Å². The van der Waals surface area contributed by atoms with Crippen LogP contribution in [0.3, 0.4) is 0 Å². The van der Waals surface area contributed by atoms with Crippen molar-refractivity contribution >= 4 is 34.7 Å². The van der Waals surface area contributed by atoms with Crippen LogP contribution < -0.4 is 4.48 Å². The van der Waals surface area contributed by atoms with Crippen molar-refractivity contribution in [3.05, 3.63) is 88.7 Å². The smallest absolute Gasteiger partial charge is 0.132 e. The Morgan fingerprint density at radius 3 is 2.23 bits per heavy atom. The monoisotopic (exact) mass is 452 g/mol. The van der Waals surface area contributed by atoms with Crippen molar-refractivity contribution in [3.8, 4) is 0 Å². The molecule has 0 radical (unpaired) electrons. The molecule has 0 aliphatic rings. The summed E-state index contributed by atoms with van der Waals surface area (Å²) in [6.45, 7) is 8.57. The van der Waals surface area contributed by atoms with Crippen molar-refractivity contribution in [2.24, 2.45) is 0 Å². The predicted octanol–water partition coefficient (Wildman–Crippen LogP) is 8.45. The number of hydrogen-bond acceptors (Lipinski definition) is 1. The molecule has 0 N–H and O–H groups in total. The Kier molecular flexibility index (Phi) is 7.74. The Labute approximate surface area is 197 Å². The van der Waals surface area contributed by atoms with Crippen LogP contribution in [0.2, 0.25) is 5.02 Å². The molecule has 0 fully saturated rings. The highest BCUT2D eigenvalue weighted by atomic mass is 35.5. The lowest BCUT2D eigenvalue weighted by Gasteiger charge is -2.32. The highest BCUT2D eigenvalue weighted by molar-refractivity contribution is 7.99. The van der Waals surface area contributed by atoms with E-state index in [1.165, 1.54) is 16.1 Å². The molecule has 0 aliphatic carbocycles. The minimum atomic E-state index is 0.182. The molecule has 0 aromatic heterocycles. The molecule has 31 heavy (non-hydrogen) atoms. The molecule has 3 rings (SSSR count). The predicted molar refractivity (Wildman–Crippen MR) is 138 cm³/mol. The molecule has 0 unspecified atom stereocenters. The Hall–Kier alpha value is -1.94. The average Bonchev–Trinajstić information content (AvgIpc) is 2.73. The van der Waals surface area contributed by atoms with Crippen molar-refractivity contribution in [1.82, 2.24) is 4.48 Å². The number of quaternary nitrogens is 1. The zero-order valence-electron chi connectivity index (χ0n) is 19.2. The molecule has 0 saturated heterocycles. The Balaban J connectivity index is 1.59. The molecule has 0 spiro atoms. The van der Waals surface area contributed by atoms with Gasteiger partial charge in [-0.1, -0.05) is 80.5 Å². The molecule has 3 aromatic carbocycles. The highest BCUT2D eigenvalue weighted by Crippen LogP contribution is 2.39.